The Morgan fingerprint density at radius 1 is 1.35 bits per heavy atom. The Balaban J connectivity index is 2.19. The fourth-order valence-corrected chi connectivity index (χ4v) is 4.14. The number of hydrogen-bond acceptors (Lipinski definition) is 3. The van der Waals surface area contributed by atoms with Crippen LogP contribution in [0.15, 0.2) is 22.7 Å². The van der Waals surface area contributed by atoms with Crippen LogP contribution in [0.25, 0.3) is 0 Å². The number of thioether (sulfide) groups is 1. The van der Waals surface area contributed by atoms with Crippen LogP contribution in [-0.2, 0) is 6.54 Å². The van der Waals surface area contributed by atoms with Gasteiger partial charge in [-0.1, -0.05) is 35.8 Å². The molecule has 94 valence electrons. The molecule has 0 spiro atoms. The van der Waals surface area contributed by atoms with E-state index in [1.807, 2.05) is 0 Å². The number of benzene rings is 1. The Bertz CT molecular complexity index is 387. The zero-order chi connectivity index (χ0) is 12.4. The van der Waals surface area contributed by atoms with Crippen molar-refractivity contribution in [2.24, 2.45) is 5.73 Å². The minimum absolute atomic E-state index is 0.587. The van der Waals surface area contributed by atoms with Gasteiger partial charge in [-0.15, -0.1) is 0 Å². The zero-order valence-electron chi connectivity index (χ0n) is 10.3. The third kappa shape index (κ3) is 3.18. The maximum Gasteiger partial charge on any atom is 0.0378 e. The quantitative estimate of drug-likeness (QED) is 0.908. The molecule has 0 amide bonds. The van der Waals surface area contributed by atoms with Crippen molar-refractivity contribution in [1.29, 1.82) is 0 Å². The van der Waals surface area contributed by atoms with Crippen molar-refractivity contribution < 1.29 is 0 Å². The van der Waals surface area contributed by atoms with E-state index in [1.54, 1.807) is 0 Å². The largest absolute Gasteiger partial charge is 0.369 e. The molecule has 0 aromatic heterocycles. The van der Waals surface area contributed by atoms with Crippen molar-refractivity contribution in [2.45, 2.75) is 30.9 Å². The van der Waals surface area contributed by atoms with Gasteiger partial charge in [0, 0.05) is 40.3 Å². The molecule has 1 aromatic rings. The lowest BCUT2D eigenvalue weighted by Gasteiger charge is -2.36. The van der Waals surface area contributed by atoms with E-state index in [0.29, 0.717) is 17.0 Å². The van der Waals surface area contributed by atoms with Crippen LogP contribution in [0.5, 0.6) is 0 Å². The zero-order valence-corrected chi connectivity index (χ0v) is 12.7. The summed E-state index contributed by atoms with van der Waals surface area (Å²) in [6.45, 7) is 7.45. The Hall–Kier alpha value is -0.190. The molecule has 1 heterocycles. The van der Waals surface area contributed by atoms with Crippen molar-refractivity contribution in [3.63, 3.8) is 0 Å². The summed E-state index contributed by atoms with van der Waals surface area (Å²) in [5, 5.41) is 1.40. The van der Waals surface area contributed by atoms with Crippen molar-refractivity contribution in [1.82, 2.24) is 0 Å². The topological polar surface area (TPSA) is 29.3 Å². The summed E-state index contributed by atoms with van der Waals surface area (Å²) in [6.07, 6.45) is 0. The lowest BCUT2D eigenvalue weighted by Crippen LogP contribution is -2.40. The Morgan fingerprint density at radius 3 is 2.53 bits per heavy atom. The third-order valence-corrected chi connectivity index (χ3v) is 5.01. The summed E-state index contributed by atoms with van der Waals surface area (Å²) in [5.41, 5.74) is 8.14. The molecule has 1 aliphatic heterocycles. The minimum Gasteiger partial charge on any atom is -0.369 e. The normalized spacial score (nSPS) is 25.1. The van der Waals surface area contributed by atoms with Crippen molar-refractivity contribution in [2.75, 3.05) is 18.0 Å². The molecule has 2 rings (SSSR count). The summed E-state index contributed by atoms with van der Waals surface area (Å²) in [7, 11) is 0. The molecular formula is C13H19BrN2S. The molecule has 17 heavy (non-hydrogen) atoms. The van der Waals surface area contributed by atoms with Gasteiger partial charge in [-0.25, -0.2) is 0 Å². The highest BCUT2D eigenvalue weighted by molar-refractivity contribution is 9.10. The second kappa shape index (κ2) is 5.63. The van der Waals surface area contributed by atoms with Gasteiger partial charge in [0.15, 0.2) is 0 Å². The average Bonchev–Trinajstić information content (AvgIpc) is 2.27. The first-order chi connectivity index (χ1) is 8.10. The molecule has 0 aliphatic carbocycles. The maximum absolute atomic E-state index is 5.68. The molecule has 2 unspecified atom stereocenters. The molecule has 0 bridgehead atoms. The lowest BCUT2D eigenvalue weighted by atomic mass is 10.2. The first-order valence-corrected chi connectivity index (χ1v) is 7.72. The molecule has 4 heteroatoms. The van der Waals surface area contributed by atoms with Gasteiger partial charge in [0.05, 0.1) is 0 Å². The van der Waals surface area contributed by atoms with Gasteiger partial charge in [-0.3, -0.25) is 0 Å². The van der Waals surface area contributed by atoms with Crippen LogP contribution in [0.4, 0.5) is 5.69 Å². The molecule has 0 saturated carbocycles. The summed E-state index contributed by atoms with van der Waals surface area (Å²) < 4.78 is 1.12. The lowest BCUT2D eigenvalue weighted by molar-refractivity contribution is 0.728. The highest BCUT2D eigenvalue weighted by Crippen LogP contribution is 2.30. The van der Waals surface area contributed by atoms with Gasteiger partial charge in [-0.05, 0) is 17.7 Å². The monoisotopic (exact) mass is 314 g/mol. The van der Waals surface area contributed by atoms with E-state index in [4.69, 9.17) is 5.73 Å². The SMILES string of the molecule is CC1CN(c2ccc(CN)c(Br)c2)CC(C)S1. The van der Waals surface area contributed by atoms with Crippen LogP contribution < -0.4 is 10.6 Å². The smallest absolute Gasteiger partial charge is 0.0378 e. The van der Waals surface area contributed by atoms with Gasteiger partial charge in [0.1, 0.15) is 0 Å². The number of rotatable bonds is 2. The van der Waals surface area contributed by atoms with E-state index in [1.165, 1.54) is 11.3 Å². The van der Waals surface area contributed by atoms with Gasteiger partial charge in [0.2, 0.25) is 0 Å². The molecule has 2 N–H and O–H groups in total. The predicted molar refractivity (Wildman–Crippen MR) is 80.8 cm³/mol. The van der Waals surface area contributed by atoms with Crippen LogP contribution in [0.1, 0.15) is 19.4 Å². The molecule has 1 aromatic carbocycles. The Kier molecular flexibility index (Phi) is 4.39. The molecular weight excluding hydrogens is 296 g/mol. The van der Waals surface area contributed by atoms with E-state index < -0.39 is 0 Å². The summed E-state index contributed by atoms with van der Waals surface area (Å²) in [4.78, 5) is 2.47. The molecule has 1 aliphatic rings. The predicted octanol–water partition coefficient (Wildman–Crippen LogP) is 3.24. The van der Waals surface area contributed by atoms with Crippen molar-refractivity contribution >= 4 is 33.4 Å². The summed E-state index contributed by atoms with van der Waals surface area (Å²) in [6, 6.07) is 6.50. The fourth-order valence-electron chi connectivity index (χ4n) is 2.29. The molecule has 1 fully saturated rings. The number of hydrogen-bond donors (Lipinski definition) is 1. The number of anilines is 1. The highest BCUT2D eigenvalue weighted by Gasteiger charge is 2.22. The number of nitrogens with two attached hydrogens (primary N) is 1. The van der Waals surface area contributed by atoms with Crippen LogP contribution in [-0.4, -0.2) is 23.6 Å². The van der Waals surface area contributed by atoms with Gasteiger partial charge in [-0.2, -0.15) is 11.8 Å². The summed E-state index contributed by atoms with van der Waals surface area (Å²) in [5.74, 6) is 0. The minimum atomic E-state index is 0.587. The van der Waals surface area contributed by atoms with E-state index in [2.05, 4.69) is 64.6 Å². The second-order valence-electron chi connectivity index (χ2n) is 4.64. The number of halogens is 1. The standard InChI is InChI=1S/C13H19BrN2S/c1-9-7-16(8-10(2)17-9)12-4-3-11(6-15)13(14)5-12/h3-5,9-10H,6-8,15H2,1-2H3. The molecule has 2 nitrogen and oxygen atoms in total. The van der Waals surface area contributed by atoms with Gasteiger partial charge < -0.3 is 10.6 Å². The van der Waals surface area contributed by atoms with Crippen LogP contribution in [0.3, 0.4) is 0 Å². The maximum atomic E-state index is 5.68. The Morgan fingerprint density at radius 2 is 2.00 bits per heavy atom. The first-order valence-electron chi connectivity index (χ1n) is 5.99. The Labute approximate surface area is 116 Å². The van der Waals surface area contributed by atoms with E-state index in [0.717, 1.165) is 17.6 Å². The van der Waals surface area contributed by atoms with E-state index in [9.17, 15) is 0 Å². The van der Waals surface area contributed by atoms with Crippen LogP contribution in [0, 0.1) is 0 Å². The van der Waals surface area contributed by atoms with Crippen molar-refractivity contribution in [3.8, 4) is 0 Å². The van der Waals surface area contributed by atoms with Crippen LogP contribution >= 0.6 is 27.7 Å². The fraction of sp³-hybridized carbons (Fsp3) is 0.538. The number of nitrogens with zero attached hydrogens (tertiary/aromatic N) is 1. The molecule has 1 saturated heterocycles. The van der Waals surface area contributed by atoms with E-state index in [-0.39, 0.29) is 0 Å². The first kappa shape index (κ1) is 13.2. The molecule has 2 atom stereocenters. The molecule has 0 radical (unpaired) electrons. The highest BCUT2D eigenvalue weighted by atomic mass is 79.9. The van der Waals surface area contributed by atoms with Gasteiger partial charge in [0.25, 0.3) is 0 Å². The third-order valence-electron chi connectivity index (χ3n) is 3.04. The van der Waals surface area contributed by atoms with Gasteiger partial charge >= 0.3 is 0 Å². The van der Waals surface area contributed by atoms with E-state index >= 15 is 0 Å². The van der Waals surface area contributed by atoms with Crippen molar-refractivity contribution in [3.05, 3.63) is 28.2 Å². The second-order valence-corrected chi connectivity index (χ2v) is 7.38. The van der Waals surface area contributed by atoms with Crippen LogP contribution in [0.2, 0.25) is 0 Å². The average molecular weight is 315 g/mol. The summed E-state index contributed by atoms with van der Waals surface area (Å²) >= 11 is 5.67.